The van der Waals surface area contributed by atoms with Crippen molar-refractivity contribution in [3.8, 4) is 0 Å². The molecule has 21 heavy (non-hydrogen) atoms. The number of rotatable bonds is 5. The number of pyridine rings is 1. The summed E-state index contributed by atoms with van der Waals surface area (Å²) in [6.45, 7) is 6.60. The third-order valence-corrected chi connectivity index (χ3v) is 5.39. The van der Waals surface area contributed by atoms with Gasteiger partial charge in [-0.25, -0.2) is 0 Å². The van der Waals surface area contributed by atoms with Crippen LogP contribution in [0.5, 0.6) is 0 Å². The van der Waals surface area contributed by atoms with Gasteiger partial charge in [0, 0.05) is 38.6 Å². The Labute approximate surface area is 127 Å². The molecule has 0 unspecified atom stereocenters. The summed E-state index contributed by atoms with van der Waals surface area (Å²) in [6, 6.07) is 3.47. The van der Waals surface area contributed by atoms with E-state index in [2.05, 4.69) is 14.6 Å². The molecule has 0 radical (unpaired) electrons. The minimum absolute atomic E-state index is 0.149. The van der Waals surface area contributed by atoms with Gasteiger partial charge in [-0.1, -0.05) is 19.9 Å². The van der Waals surface area contributed by atoms with E-state index in [9.17, 15) is 8.42 Å². The van der Waals surface area contributed by atoms with Crippen LogP contribution < -0.4 is 4.72 Å². The SMILES string of the molecule is CC(C)[C@H](NS(=O)(=O)N1CCN(C)CC1)c1cccnc1. The predicted octanol–water partition coefficient (Wildman–Crippen LogP) is 0.861. The van der Waals surface area contributed by atoms with Gasteiger partial charge >= 0.3 is 0 Å². The van der Waals surface area contributed by atoms with Crippen LogP contribution in [-0.2, 0) is 10.2 Å². The number of likely N-dealkylation sites (N-methyl/N-ethyl adjacent to an activating group) is 1. The van der Waals surface area contributed by atoms with Gasteiger partial charge in [-0.15, -0.1) is 0 Å². The molecule has 0 aromatic carbocycles. The zero-order valence-corrected chi connectivity index (χ0v) is 13.7. The number of hydrogen-bond acceptors (Lipinski definition) is 4. The number of hydrogen-bond donors (Lipinski definition) is 1. The van der Waals surface area contributed by atoms with Crippen LogP contribution in [0.4, 0.5) is 0 Å². The van der Waals surface area contributed by atoms with Gasteiger partial charge in [-0.2, -0.15) is 17.4 Å². The molecule has 1 aromatic heterocycles. The van der Waals surface area contributed by atoms with Crippen molar-refractivity contribution in [2.45, 2.75) is 19.9 Å². The van der Waals surface area contributed by atoms with Gasteiger partial charge in [-0.3, -0.25) is 4.98 Å². The third kappa shape index (κ3) is 4.23. The number of aromatic nitrogens is 1. The first-order valence-corrected chi connectivity index (χ1v) is 8.70. The lowest BCUT2D eigenvalue weighted by Gasteiger charge is -2.33. The van der Waals surface area contributed by atoms with Gasteiger partial charge < -0.3 is 4.90 Å². The Bertz CT molecular complexity index is 539. The first kappa shape index (κ1) is 16.4. The van der Waals surface area contributed by atoms with Crippen LogP contribution in [0.1, 0.15) is 25.5 Å². The van der Waals surface area contributed by atoms with Crippen LogP contribution in [0.2, 0.25) is 0 Å². The van der Waals surface area contributed by atoms with E-state index < -0.39 is 10.2 Å². The van der Waals surface area contributed by atoms with Crippen LogP contribution in [0.25, 0.3) is 0 Å². The van der Waals surface area contributed by atoms with Crippen LogP contribution >= 0.6 is 0 Å². The molecule has 2 rings (SSSR count). The second-order valence-corrected chi connectivity index (χ2v) is 7.54. The topological polar surface area (TPSA) is 65.5 Å². The molecule has 0 aliphatic carbocycles. The molecule has 1 atom stereocenters. The summed E-state index contributed by atoms with van der Waals surface area (Å²) >= 11 is 0. The van der Waals surface area contributed by atoms with E-state index >= 15 is 0 Å². The van der Waals surface area contributed by atoms with Gasteiger partial charge in [0.05, 0.1) is 6.04 Å². The van der Waals surface area contributed by atoms with E-state index in [1.165, 1.54) is 4.31 Å². The quantitative estimate of drug-likeness (QED) is 0.876. The lowest BCUT2D eigenvalue weighted by Crippen LogP contribution is -2.51. The maximum atomic E-state index is 12.6. The molecule has 2 heterocycles. The maximum absolute atomic E-state index is 12.6. The average Bonchev–Trinajstić information content (AvgIpc) is 2.46. The Balaban J connectivity index is 2.13. The Morgan fingerprint density at radius 2 is 1.90 bits per heavy atom. The standard InChI is InChI=1S/C14H24N4O2S/c1-12(2)14(13-5-4-6-15-11-13)16-21(19,20)18-9-7-17(3)8-10-18/h4-6,11-12,14,16H,7-10H2,1-3H3/t14-/m0/s1. The fraction of sp³-hybridized carbons (Fsp3) is 0.643. The predicted molar refractivity (Wildman–Crippen MR) is 82.9 cm³/mol. The number of nitrogens with one attached hydrogen (secondary N) is 1. The minimum atomic E-state index is -3.47. The van der Waals surface area contributed by atoms with Gasteiger partial charge in [-0.05, 0) is 24.6 Å². The summed E-state index contributed by atoms with van der Waals surface area (Å²) in [6.07, 6.45) is 3.41. The van der Waals surface area contributed by atoms with Gasteiger partial charge in [0.25, 0.3) is 10.2 Å². The zero-order valence-electron chi connectivity index (χ0n) is 12.9. The van der Waals surface area contributed by atoms with Gasteiger partial charge in [0.1, 0.15) is 0 Å². The normalized spacial score (nSPS) is 19.8. The molecule has 0 spiro atoms. The largest absolute Gasteiger partial charge is 0.304 e. The van der Waals surface area contributed by atoms with E-state index in [0.717, 1.165) is 18.7 Å². The highest BCUT2D eigenvalue weighted by atomic mass is 32.2. The van der Waals surface area contributed by atoms with Crippen LogP contribution in [-0.4, -0.2) is 55.8 Å². The highest BCUT2D eigenvalue weighted by Crippen LogP contribution is 2.22. The van der Waals surface area contributed by atoms with E-state index in [4.69, 9.17) is 0 Å². The zero-order chi connectivity index (χ0) is 15.5. The highest BCUT2D eigenvalue weighted by molar-refractivity contribution is 7.87. The summed E-state index contributed by atoms with van der Waals surface area (Å²) in [5.41, 5.74) is 0.894. The molecule has 0 amide bonds. The van der Waals surface area contributed by atoms with E-state index in [-0.39, 0.29) is 12.0 Å². The molecular weight excluding hydrogens is 288 g/mol. The molecule has 118 valence electrons. The van der Waals surface area contributed by atoms with Crippen molar-refractivity contribution in [3.05, 3.63) is 30.1 Å². The summed E-state index contributed by atoms with van der Waals surface area (Å²) in [5, 5.41) is 0. The molecule has 1 saturated heterocycles. The summed E-state index contributed by atoms with van der Waals surface area (Å²) in [7, 11) is -1.47. The maximum Gasteiger partial charge on any atom is 0.280 e. The van der Waals surface area contributed by atoms with E-state index in [0.29, 0.717) is 13.1 Å². The van der Waals surface area contributed by atoms with Crippen molar-refractivity contribution in [1.82, 2.24) is 18.9 Å². The molecule has 1 aliphatic heterocycles. The summed E-state index contributed by atoms with van der Waals surface area (Å²) < 4.78 is 29.5. The summed E-state index contributed by atoms with van der Waals surface area (Å²) in [5.74, 6) is 0.149. The van der Waals surface area contributed by atoms with Crippen molar-refractivity contribution in [2.75, 3.05) is 33.2 Å². The second-order valence-electron chi connectivity index (χ2n) is 5.83. The fourth-order valence-electron chi connectivity index (χ4n) is 2.41. The van der Waals surface area contributed by atoms with Crippen LogP contribution in [0.3, 0.4) is 0 Å². The Kier molecular flexibility index (Phi) is 5.32. The van der Waals surface area contributed by atoms with Crippen molar-refractivity contribution in [2.24, 2.45) is 5.92 Å². The molecule has 0 saturated carbocycles. The number of piperazine rings is 1. The lowest BCUT2D eigenvalue weighted by molar-refractivity contribution is 0.219. The Morgan fingerprint density at radius 3 is 2.43 bits per heavy atom. The lowest BCUT2D eigenvalue weighted by atomic mass is 9.99. The molecular formula is C14H24N4O2S. The fourth-order valence-corrected chi connectivity index (χ4v) is 3.93. The monoisotopic (exact) mass is 312 g/mol. The van der Waals surface area contributed by atoms with Crippen LogP contribution in [0.15, 0.2) is 24.5 Å². The van der Waals surface area contributed by atoms with Crippen molar-refractivity contribution >= 4 is 10.2 Å². The molecule has 1 aromatic rings. The third-order valence-electron chi connectivity index (χ3n) is 3.79. The first-order valence-electron chi connectivity index (χ1n) is 7.26. The Hall–Kier alpha value is -1.02. The summed E-state index contributed by atoms with van der Waals surface area (Å²) in [4.78, 5) is 6.22. The van der Waals surface area contributed by atoms with Crippen molar-refractivity contribution in [3.63, 3.8) is 0 Å². The molecule has 1 N–H and O–H groups in total. The minimum Gasteiger partial charge on any atom is -0.304 e. The molecule has 1 fully saturated rings. The first-order chi connectivity index (χ1) is 9.90. The van der Waals surface area contributed by atoms with Gasteiger partial charge in [0.15, 0.2) is 0 Å². The second kappa shape index (κ2) is 6.83. The van der Waals surface area contributed by atoms with E-state index in [1.54, 1.807) is 12.4 Å². The Morgan fingerprint density at radius 1 is 1.24 bits per heavy atom. The molecule has 7 heteroatoms. The van der Waals surface area contributed by atoms with Crippen molar-refractivity contribution < 1.29 is 8.42 Å². The number of nitrogens with zero attached hydrogens (tertiary/aromatic N) is 3. The van der Waals surface area contributed by atoms with Crippen LogP contribution in [0, 0.1) is 5.92 Å². The van der Waals surface area contributed by atoms with E-state index in [1.807, 2.05) is 33.0 Å². The highest BCUT2D eigenvalue weighted by Gasteiger charge is 2.29. The smallest absolute Gasteiger partial charge is 0.280 e. The molecule has 1 aliphatic rings. The van der Waals surface area contributed by atoms with Gasteiger partial charge in [0.2, 0.25) is 0 Å². The molecule has 0 bridgehead atoms. The average molecular weight is 312 g/mol. The molecule has 6 nitrogen and oxygen atoms in total. The van der Waals surface area contributed by atoms with Crippen molar-refractivity contribution in [1.29, 1.82) is 0 Å².